The molecule has 0 aliphatic carbocycles. The molecule has 0 aromatic carbocycles. The Bertz CT molecular complexity index is 151. The van der Waals surface area contributed by atoms with Crippen molar-refractivity contribution in [2.75, 3.05) is 28.2 Å². The van der Waals surface area contributed by atoms with E-state index >= 15 is 0 Å². The van der Waals surface area contributed by atoms with Crippen LogP contribution in [0.3, 0.4) is 0 Å². The smallest absolute Gasteiger partial charge is 0.241 e. The molecule has 0 fully saturated rings. The maximum atomic E-state index is 11.5. The minimum atomic E-state index is -0.399. The van der Waals surface area contributed by atoms with E-state index in [4.69, 9.17) is 0 Å². The zero-order chi connectivity index (χ0) is 11.2. The molecule has 3 heteroatoms. The summed E-state index contributed by atoms with van der Waals surface area (Å²) in [7, 11) is 7.35. The molecule has 0 aliphatic rings. The highest BCUT2D eigenvalue weighted by Gasteiger charge is 2.30. The number of nitrogens with zero attached hydrogens (tertiary/aromatic N) is 2. The predicted octanol–water partition coefficient (Wildman–Crippen LogP) is 1.44. The first-order valence-corrected chi connectivity index (χ1v) is 4.69. The molecule has 0 unspecified atom stereocenters. The Morgan fingerprint density at radius 2 is 1.31 bits per heavy atom. The van der Waals surface area contributed by atoms with E-state index in [1.54, 1.807) is 19.0 Å². The Balaban J connectivity index is 0. The van der Waals surface area contributed by atoms with Crippen LogP contribution in [0.1, 0.15) is 27.7 Å². The molecule has 0 heterocycles. The minimum absolute atomic E-state index is 0.127. The summed E-state index contributed by atoms with van der Waals surface area (Å²) < 4.78 is 0. The molecule has 0 atom stereocenters. The summed E-state index contributed by atoms with van der Waals surface area (Å²) in [4.78, 5) is 15.0. The van der Waals surface area contributed by atoms with Crippen LogP contribution in [0.5, 0.6) is 0 Å². The SMILES string of the molecule is CC.CN(C)C(=O)C(C)(C)N(C)C. The Morgan fingerprint density at radius 3 is 1.38 bits per heavy atom. The molecule has 0 aliphatic heterocycles. The van der Waals surface area contributed by atoms with Crippen molar-refractivity contribution in [3.05, 3.63) is 0 Å². The summed E-state index contributed by atoms with van der Waals surface area (Å²) in [5.74, 6) is 0.127. The molecule has 0 saturated carbocycles. The number of amides is 1. The van der Waals surface area contributed by atoms with Crippen LogP contribution in [0.4, 0.5) is 0 Å². The van der Waals surface area contributed by atoms with Gasteiger partial charge in [-0.05, 0) is 27.9 Å². The van der Waals surface area contributed by atoms with Gasteiger partial charge in [0.2, 0.25) is 5.91 Å². The quantitative estimate of drug-likeness (QED) is 0.654. The van der Waals surface area contributed by atoms with E-state index in [0.717, 1.165) is 0 Å². The second-order valence-corrected chi connectivity index (χ2v) is 3.65. The van der Waals surface area contributed by atoms with E-state index in [9.17, 15) is 4.79 Å². The van der Waals surface area contributed by atoms with Crippen LogP contribution in [0.25, 0.3) is 0 Å². The minimum Gasteiger partial charge on any atom is -0.347 e. The van der Waals surface area contributed by atoms with Crippen LogP contribution in [-0.4, -0.2) is 49.4 Å². The van der Waals surface area contributed by atoms with Gasteiger partial charge < -0.3 is 4.90 Å². The van der Waals surface area contributed by atoms with Gasteiger partial charge >= 0.3 is 0 Å². The molecule has 3 nitrogen and oxygen atoms in total. The van der Waals surface area contributed by atoms with Crippen LogP contribution < -0.4 is 0 Å². The Hall–Kier alpha value is -0.570. The molecule has 0 N–H and O–H groups in total. The molecular weight excluding hydrogens is 164 g/mol. The first-order valence-electron chi connectivity index (χ1n) is 4.69. The van der Waals surface area contributed by atoms with Crippen LogP contribution in [0.2, 0.25) is 0 Å². The lowest BCUT2D eigenvalue weighted by Crippen LogP contribution is -2.51. The molecule has 80 valence electrons. The molecule has 13 heavy (non-hydrogen) atoms. The van der Waals surface area contributed by atoms with Crippen molar-refractivity contribution < 1.29 is 4.79 Å². The first kappa shape index (κ1) is 14.9. The van der Waals surface area contributed by atoms with Gasteiger partial charge in [0.15, 0.2) is 0 Å². The lowest BCUT2D eigenvalue weighted by Gasteiger charge is -2.33. The largest absolute Gasteiger partial charge is 0.347 e. The fourth-order valence-electron chi connectivity index (χ4n) is 0.739. The third-order valence-corrected chi connectivity index (χ3v) is 2.05. The summed E-state index contributed by atoms with van der Waals surface area (Å²) in [5, 5.41) is 0. The zero-order valence-corrected chi connectivity index (χ0v) is 10.3. The second-order valence-electron chi connectivity index (χ2n) is 3.65. The topological polar surface area (TPSA) is 23.6 Å². The number of rotatable bonds is 2. The van der Waals surface area contributed by atoms with E-state index in [0.29, 0.717) is 0 Å². The number of carbonyl (C=O) groups is 1. The molecule has 0 rings (SSSR count). The van der Waals surface area contributed by atoms with Crippen LogP contribution >= 0.6 is 0 Å². The lowest BCUT2D eigenvalue weighted by atomic mass is 10.0. The van der Waals surface area contributed by atoms with Crippen molar-refractivity contribution in [1.29, 1.82) is 0 Å². The molecule has 0 radical (unpaired) electrons. The predicted molar refractivity (Wildman–Crippen MR) is 57.8 cm³/mol. The third kappa shape index (κ3) is 4.27. The standard InChI is InChI=1S/C8H18N2O.C2H6/c1-8(2,10(5)6)7(11)9(3)4;1-2/h1-6H3;1-2H3. The molecular formula is C10H24N2O. The molecule has 1 amide bonds. The summed E-state index contributed by atoms with van der Waals surface area (Å²) in [6.45, 7) is 7.82. The van der Waals surface area contributed by atoms with Crippen molar-refractivity contribution >= 4 is 5.91 Å². The van der Waals surface area contributed by atoms with E-state index in [2.05, 4.69) is 0 Å². The second kappa shape index (κ2) is 5.97. The van der Waals surface area contributed by atoms with E-state index < -0.39 is 5.54 Å². The van der Waals surface area contributed by atoms with Gasteiger partial charge in [0.05, 0.1) is 5.54 Å². The van der Waals surface area contributed by atoms with Crippen molar-refractivity contribution in [2.24, 2.45) is 0 Å². The van der Waals surface area contributed by atoms with Gasteiger partial charge in [0.25, 0.3) is 0 Å². The van der Waals surface area contributed by atoms with Crippen LogP contribution in [0, 0.1) is 0 Å². The van der Waals surface area contributed by atoms with Crippen LogP contribution in [-0.2, 0) is 4.79 Å². The molecule has 0 aromatic heterocycles. The number of hydrogen-bond donors (Lipinski definition) is 0. The maximum Gasteiger partial charge on any atom is 0.241 e. The van der Waals surface area contributed by atoms with Crippen molar-refractivity contribution in [2.45, 2.75) is 33.2 Å². The molecule has 0 saturated heterocycles. The van der Waals surface area contributed by atoms with Gasteiger partial charge in [-0.1, -0.05) is 13.8 Å². The Labute approximate surface area is 82.7 Å². The fourth-order valence-corrected chi connectivity index (χ4v) is 0.739. The van der Waals surface area contributed by atoms with E-state index in [-0.39, 0.29) is 5.91 Å². The highest BCUT2D eigenvalue weighted by atomic mass is 16.2. The number of carbonyl (C=O) groups excluding carboxylic acids is 1. The van der Waals surface area contributed by atoms with Crippen LogP contribution in [0.15, 0.2) is 0 Å². The normalized spacial score (nSPS) is 10.5. The van der Waals surface area contributed by atoms with E-state index in [1.807, 2.05) is 46.7 Å². The molecule has 0 spiro atoms. The van der Waals surface area contributed by atoms with Gasteiger partial charge in [-0.15, -0.1) is 0 Å². The van der Waals surface area contributed by atoms with Crippen molar-refractivity contribution in [3.8, 4) is 0 Å². The maximum absolute atomic E-state index is 11.5. The monoisotopic (exact) mass is 188 g/mol. The summed E-state index contributed by atoms with van der Waals surface area (Å²) in [6, 6.07) is 0. The Morgan fingerprint density at radius 1 is 1.00 bits per heavy atom. The van der Waals surface area contributed by atoms with Gasteiger partial charge in [-0.3, -0.25) is 9.69 Å². The highest BCUT2D eigenvalue weighted by molar-refractivity contribution is 5.84. The number of hydrogen-bond acceptors (Lipinski definition) is 2. The third-order valence-electron chi connectivity index (χ3n) is 2.05. The van der Waals surface area contributed by atoms with Crippen molar-refractivity contribution in [1.82, 2.24) is 9.80 Å². The molecule has 0 bridgehead atoms. The van der Waals surface area contributed by atoms with Crippen molar-refractivity contribution in [3.63, 3.8) is 0 Å². The summed E-state index contributed by atoms with van der Waals surface area (Å²) >= 11 is 0. The van der Waals surface area contributed by atoms with Gasteiger partial charge in [0.1, 0.15) is 0 Å². The summed E-state index contributed by atoms with van der Waals surface area (Å²) in [6.07, 6.45) is 0. The van der Waals surface area contributed by atoms with E-state index in [1.165, 1.54) is 0 Å². The van der Waals surface area contributed by atoms with Gasteiger partial charge in [-0.25, -0.2) is 0 Å². The summed E-state index contributed by atoms with van der Waals surface area (Å²) in [5.41, 5.74) is -0.399. The average molecular weight is 188 g/mol. The first-order chi connectivity index (χ1) is 5.80. The fraction of sp³-hybridized carbons (Fsp3) is 0.900. The highest BCUT2D eigenvalue weighted by Crippen LogP contribution is 2.11. The Kier molecular flexibility index (Phi) is 6.86. The average Bonchev–Trinajstić information content (AvgIpc) is 2.06. The lowest BCUT2D eigenvalue weighted by molar-refractivity contribution is -0.138. The van der Waals surface area contributed by atoms with Gasteiger partial charge in [-0.2, -0.15) is 0 Å². The zero-order valence-electron chi connectivity index (χ0n) is 10.3. The molecule has 0 aromatic rings. The van der Waals surface area contributed by atoms with Gasteiger partial charge in [0, 0.05) is 14.1 Å². The number of likely N-dealkylation sites (N-methyl/N-ethyl adjacent to an activating group) is 2.